The second kappa shape index (κ2) is 6.12. The maximum absolute atomic E-state index is 4.56. The fourth-order valence-corrected chi connectivity index (χ4v) is 4.43. The average molecular weight is 330 g/mol. The van der Waals surface area contributed by atoms with Gasteiger partial charge in [-0.1, -0.05) is 65.9 Å². The molecule has 3 heterocycles. The van der Waals surface area contributed by atoms with Crippen LogP contribution < -0.4 is 0 Å². The van der Waals surface area contributed by atoms with Gasteiger partial charge in [-0.15, -0.1) is 5.10 Å². The monoisotopic (exact) mass is 330 g/mol. The zero-order valence-corrected chi connectivity index (χ0v) is 14.3. The van der Waals surface area contributed by atoms with E-state index in [1.807, 2.05) is 6.07 Å². The number of rotatable bonds is 3. The lowest BCUT2D eigenvalue weighted by Gasteiger charge is -2.25. The van der Waals surface area contributed by atoms with Crippen molar-refractivity contribution in [2.75, 3.05) is 13.1 Å². The summed E-state index contributed by atoms with van der Waals surface area (Å²) in [6.45, 7) is 3.27. The van der Waals surface area contributed by atoms with E-state index in [1.54, 1.807) is 0 Å². The largest absolute Gasteiger partial charge is 0.297 e. The first-order valence-electron chi connectivity index (χ1n) is 9.14. The molecular formula is C21H22N4. The Kier molecular flexibility index (Phi) is 3.63. The molecule has 2 aliphatic rings. The quantitative estimate of drug-likeness (QED) is 0.736. The number of hydrogen-bond donors (Lipinski definition) is 0. The predicted molar refractivity (Wildman–Crippen MR) is 98.0 cm³/mol. The summed E-state index contributed by atoms with van der Waals surface area (Å²) in [4.78, 5) is 2.57. The lowest BCUT2D eigenvalue weighted by Crippen LogP contribution is -2.26. The highest BCUT2D eigenvalue weighted by Gasteiger charge is 2.39. The van der Waals surface area contributed by atoms with Gasteiger partial charge in [0.1, 0.15) is 5.69 Å². The lowest BCUT2D eigenvalue weighted by molar-refractivity contribution is 0.306. The summed E-state index contributed by atoms with van der Waals surface area (Å²) in [6, 6.07) is 21.7. The van der Waals surface area contributed by atoms with E-state index in [2.05, 4.69) is 74.5 Å². The fourth-order valence-electron chi connectivity index (χ4n) is 4.43. The van der Waals surface area contributed by atoms with Crippen molar-refractivity contribution in [1.29, 1.82) is 0 Å². The van der Waals surface area contributed by atoms with Gasteiger partial charge in [0.15, 0.2) is 0 Å². The van der Waals surface area contributed by atoms with Crippen LogP contribution in [0.2, 0.25) is 0 Å². The number of likely N-dealkylation sites (tertiary alicyclic amines) is 1. The van der Waals surface area contributed by atoms with Crippen molar-refractivity contribution < 1.29 is 0 Å². The summed E-state index contributed by atoms with van der Waals surface area (Å²) in [5.41, 5.74) is 4.96. The highest BCUT2D eigenvalue weighted by atomic mass is 15.5. The summed E-state index contributed by atoms with van der Waals surface area (Å²) in [5, 5.41) is 9.09. The fraction of sp³-hybridized carbons (Fsp3) is 0.333. The van der Waals surface area contributed by atoms with Gasteiger partial charge in [-0.25, -0.2) is 4.68 Å². The Labute approximate surface area is 148 Å². The van der Waals surface area contributed by atoms with Crippen LogP contribution in [0.4, 0.5) is 0 Å². The minimum Gasteiger partial charge on any atom is -0.297 e. The third kappa shape index (κ3) is 2.67. The number of nitrogens with zero attached hydrogens (tertiary/aromatic N) is 4. The molecule has 0 N–H and O–H groups in total. The molecule has 2 aliphatic heterocycles. The highest BCUT2D eigenvalue weighted by Crippen LogP contribution is 2.38. The molecule has 5 rings (SSSR count). The van der Waals surface area contributed by atoms with Crippen LogP contribution in [0.5, 0.6) is 0 Å². The molecular weight excluding hydrogens is 308 g/mol. The molecule has 0 bridgehead atoms. The number of aromatic nitrogens is 3. The molecule has 1 saturated heterocycles. The number of hydrogen-bond acceptors (Lipinski definition) is 3. The highest BCUT2D eigenvalue weighted by molar-refractivity contribution is 5.61. The van der Waals surface area contributed by atoms with Crippen LogP contribution in [-0.4, -0.2) is 33.0 Å². The van der Waals surface area contributed by atoms with E-state index in [4.69, 9.17) is 0 Å². The van der Waals surface area contributed by atoms with Crippen LogP contribution in [0, 0.1) is 5.92 Å². The van der Waals surface area contributed by atoms with E-state index >= 15 is 0 Å². The molecule has 4 heteroatoms. The van der Waals surface area contributed by atoms with Crippen molar-refractivity contribution in [3.8, 4) is 11.3 Å². The maximum atomic E-state index is 4.56. The minimum absolute atomic E-state index is 0.470. The van der Waals surface area contributed by atoms with Crippen LogP contribution in [-0.2, 0) is 13.0 Å². The molecule has 2 atom stereocenters. The van der Waals surface area contributed by atoms with Gasteiger partial charge in [0.25, 0.3) is 0 Å². The molecule has 126 valence electrons. The van der Waals surface area contributed by atoms with Crippen LogP contribution in [0.3, 0.4) is 0 Å². The summed E-state index contributed by atoms with van der Waals surface area (Å²) in [5.74, 6) is 0.696. The molecule has 0 unspecified atom stereocenters. The molecule has 25 heavy (non-hydrogen) atoms. The smallest absolute Gasteiger partial charge is 0.116 e. The van der Waals surface area contributed by atoms with Gasteiger partial charge >= 0.3 is 0 Å². The van der Waals surface area contributed by atoms with Crippen LogP contribution in [0.1, 0.15) is 23.7 Å². The Morgan fingerprint density at radius 2 is 1.68 bits per heavy atom. The lowest BCUT2D eigenvalue weighted by atomic mass is 9.91. The molecule has 3 aromatic rings. The van der Waals surface area contributed by atoms with Gasteiger partial charge in [0.05, 0.1) is 11.7 Å². The van der Waals surface area contributed by atoms with E-state index in [0.29, 0.717) is 12.0 Å². The van der Waals surface area contributed by atoms with Gasteiger partial charge in [-0.05, 0) is 24.3 Å². The molecule has 4 nitrogen and oxygen atoms in total. The van der Waals surface area contributed by atoms with E-state index < -0.39 is 0 Å². The van der Waals surface area contributed by atoms with Gasteiger partial charge in [0, 0.05) is 25.2 Å². The standard InChI is InChI=1S/C21H22N4/c1-3-7-16(8-4-1)13-24-14-18-11-12-19-21(17-9-5-2-6-10-17)22-23-25(19)20(18)15-24/h1-10,18,20H,11-15H2/t18-,20+/m0/s1. The SMILES string of the molecule is c1ccc(CN2C[C@@H]3CCc4c(-c5ccccc5)nnn4[C@@H]3C2)cc1. The van der Waals surface area contributed by atoms with Crippen molar-refractivity contribution in [2.45, 2.75) is 25.4 Å². The van der Waals surface area contributed by atoms with Gasteiger partial charge in [-0.2, -0.15) is 0 Å². The molecule has 0 saturated carbocycles. The molecule has 2 aromatic carbocycles. The molecule has 0 radical (unpaired) electrons. The second-order valence-corrected chi connectivity index (χ2v) is 7.24. The van der Waals surface area contributed by atoms with E-state index in [0.717, 1.165) is 25.2 Å². The van der Waals surface area contributed by atoms with Crippen molar-refractivity contribution in [2.24, 2.45) is 5.92 Å². The van der Waals surface area contributed by atoms with Crippen molar-refractivity contribution >= 4 is 0 Å². The Hall–Kier alpha value is -2.46. The van der Waals surface area contributed by atoms with E-state index in [1.165, 1.54) is 29.8 Å². The summed E-state index contributed by atoms with van der Waals surface area (Å²) < 4.78 is 2.22. The van der Waals surface area contributed by atoms with Crippen molar-refractivity contribution in [1.82, 2.24) is 19.9 Å². The molecule has 1 aromatic heterocycles. The summed E-state index contributed by atoms with van der Waals surface area (Å²) in [6.07, 6.45) is 2.32. The minimum atomic E-state index is 0.470. The normalized spacial score (nSPS) is 22.6. The Morgan fingerprint density at radius 1 is 0.920 bits per heavy atom. The zero-order valence-electron chi connectivity index (χ0n) is 14.3. The van der Waals surface area contributed by atoms with Crippen LogP contribution >= 0.6 is 0 Å². The zero-order chi connectivity index (χ0) is 16.6. The van der Waals surface area contributed by atoms with Crippen molar-refractivity contribution in [3.63, 3.8) is 0 Å². The van der Waals surface area contributed by atoms with E-state index in [9.17, 15) is 0 Å². The topological polar surface area (TPSA) is 34.0 Å². The Balaban J connectivity index is 1.40. The second-order valence-electron chi connectivity index (χ2n) is 7.24. The van der Waals surface area contributed by atoms with Gasteiger partial charge in [-0.3, -0.25) is 4.90 Å². The first-order chi connectivity index (χ1) is 12.4. The third-order valence-corrected chi connectivity index (χ3v) is 5.64. The first kappa shape index (κ1) is 14.8. The van der Waals surface area contributed by atoms with Gasteiger partial charge < -0.3 is 0 Å². The molecule has 0 amide bonds. The van der Waals surface area contributed by atoms with E-state index in [-0.39, 0.29) is 0 Å². The average Bonchev–Trinajstić information content (AvgIpc) is 3.26. The maximum Gasteiger partial charge on any atom is 0.116 e. The van der Waals surface area contributed by atoms with Crippen molar-refractivity contribution in [3.05, 3.63) is 71.9 Å². The summed E-state index contributed by atoms with van der Waals surface area (Å²) >= 11 is 0. The molecule has 0 spiro atoms. The molecule has 1 fully saturated rings. The molecule has 0 aliphatic carbocycles. The Bertz CT molecular complexity index is 856. The third-order valence-electron chi connectivity index (χ3n) is 5.64. The van der Waals surface area contributed by atoms with Gasteiger partial charge in [0.2, 0.25) is 0 Å². The first-order valence-corrected chi connectivity index (χ1v) is 9.14. The number of benzene rings is 2. The number of fused-ring (bicyclic) bond motifs is 3. The summed E-state index contributed by atoms with van der Waals surface area (Å²) in [7, 11) is 0. The Morgan fingerprint density at radius 3 is 2.48 bits per heavy atom. The van der Waals surface area contributed by atoms with Crippen LogP contribution in [0.25, 0.3) is 11.3 Å². The van der Waals surface area contributed by atoms with Crippen LogP contribution in [0.15, 0.2) is 60.7 Å². The predicted octanol–water partition coefficient (Wildman–Crippen LogP) is 3.56.